The van der Waals surface area contributed by atoms with Gasteiger partial charge in [0.15, 0.2) is 11.6 Å². The molecular formula is C70H44N6. The number of nitrogens with zero attached hydrogens (tertiary/aromatic N) is 6. The Bertz CT molecular complexity index is 4070. The molecule has 0 bridgehead atoms. The van der Waals surface area contributed by atoms with Gasteiger partial charge in [0.1, 0.15) is 0 Å². The van der Waals surface area contributed by atoms with Crippen molar-refractivity contribution in [1.29, 1.82) is 0 Å². The van der Waals surface area contributed by atoms with Crippen molar-refractivity contribution in [3.63, 3.8) is 0 Å². The normalized spacial score (nSPS) is 11.4. The number of pyridine rings is 2. The van der Waals surface area contributed by atoms with E-state index in [1.807, 2.05) is 48.8 Å². The van der Waals surface area contributed by atoms with E-state index in [4.69, 9.17) is 19.9 Å². The molecule has 0 saturated carbocycles. The van der Waals surface area contributed by atoms with Crippen LogP contribution in [0.4, 0.5) is 0 Å². The first-order valence-corrected chi connectivity index (χ1v) is 25.5. The van der Waals surface area contributed by atoms with E-state index in [0.717, 1.165) is 133 Å². The summed E-state index contributed by atoms with van der Waals surface area (Å²) in [5.74, 6) is 1.36. The Morgan fingerprint density at radius 1 is 0.197 bits per heavy atom. The van der Waals surface area contributed by atoms with E-state index in [0.29, 0.717) is 11.6 Å². The second-order valence-corrected chi connectivity index (χ2v) is 19.1. The van der Waals surface area contributed by atoms with E-state index in [-0.39, 0.29) is 0 Å². The Balaban J connectivity index is 0.843. The van der Waals surface area contributed by atoms with E-state index in [2.05, 4.69) is 228 Å². The molecule has 0 aliphatic carbocycles. The number of rotatable bonds is 9. The lowest BCUT2D eigenvalue weighted by molar-refractivity contribution is 1.19. The molecule has 0 fully saturated rings. The number of hydrogen-bond acceptors (Lipinski definition) is 6. The number of aromatic nitrogens is 6. The van der Waals surface area contributed by atoms with E-state index in [1.165, 1.54) is 0 Å². The van der Waals surface area contributed by atoms with Crippen LogP contribution in [0.3, 0.4) is 0 Å². The molecule has 6 heteroatoms. The first-order valence-electron chi connectivity index (χ1n) is 25.5. The average molecular weight is 969 g/mol. The molecular weight excluding hydrogens is 925 g/mol. The molecule has 76 heavy (non-hydrogen) atoms. The fourth-order valence-corrected chi connectivity index (χ4v) is 10.6. The maximum Gasteiger partial charge on any atom is 0.161 e. The number of hydrogen-bond donors (Lipinski definition) is 0. The minimum absolute atomic E-state index is 0.681. The highest BCUT2D eigenvalue weighted by Crippen LogP contribution is 2.40. The molecule has 4 aromatic heterocycles. The van der Waals surface area contributed by atoms with Gasteiger partial charge in [0.05, 0.1) is 34.2 Å². The molecule has 14 rings (SSSR count). The van der Waals surface area contributed by atoms with Crippen molar-refractivity contribution in [2.45, 2.75) is 0 Å². The van der Waals surface area contributed by atoms with Crippen LogP contribution in [0.2, 0.25) is 0 Å². The lowest BCUT2D eigenvalue weighted by atomic mass is 9.95. The van der Waals surface area contributed by atoms with Gasteiger partial charge in [-0.3, -0.25) is 9.97 Å². The van der Waals surface area contributed by atoms with Crippen LogP contribution in [0, 0.1) is 0 Å². The standard InChI is InChI=1S/C70H44N6/c1-5-17-57-53(13-1)41-54-14-2-6-18-58(54)67(57)69-73-63(43-65(75-69)51-35-31-47(32-36-51)61-21-9-11-39-71-61)49-27-23-45(24-28-49)46-25-29-50(30-26-46)64-44-66(52-37-33-48(34-38-52)62-22-10-12-40-72-62)76-70(74-64)68-59-19-7-3-15-55(59)42-56-16-4-8-20-60(56)68/h1-44H. The second-order valence-electron chi connectivity index (χ2n) is 19.1. The Morgan fingerprint density at radius 3 is 0.724 bits per heavy atom. The van der Waals surface area contributed by atoms with Crippen molar-refractivity contribution in [2.75, 3.05) is 0 Å². The third kappa shape index (κ3) is 8.30. The zero-order valence-corrected chi connectivity index (χ0v) is 41.1. The molecule has 14 aromatic rings. The molecule has 10 aromatic carbocycles. The van der Waals surface area contributed by atoms with Gasteiger partial charge in [0, 0.05) is 56.9 Å². The van der Waals surface area contributed by atoms with Gasteiger partial charge in [-0.05, 0) is 103 Å². The summed E-state index contributed by atoms with van der Waals surface area (Å²) in [7, 11) is 0. The third-order valence-electron chi connectivity index (χ3n) is 14.4. The van der Waals surface area contributed by atoms with Gasteiger partial charge in [-0.25, -0.2) is 19.9 Å². The van der Waals surface area contributed by atoms with Gasteiger partial charge < -0.3 is 0 Å². The largest absolute Gasteiger partial charge is 0.256 e. The third-order valence-corrected chi connectivity index (χ3v) is 14.4. The SMILES string of the molecule is c1ccc(-c2ccc(-c3cc(-c4ccc(-c5ccc(-c6cc(-c7ccc(-c8ccccn8)cc7)nc(-c7c8ccccc8cc8ccccc78)n6)cc5)cc4)nc(-c4c5ccccc5cc5ccccc45)n3)cc2)nc1. The molecule has 0 aliphatic heterocycles. The van der Waals surface area contributed by atoms with E-state index < -0.39 is 0 Å². The van der Waals surface area contributed by atoms with Crippen LogP contribution in [0.25, 0.3) is 145 Å². The lowest BCUT2D eigenvalue weighted by Crippen LogP contribution is -1.98. The van der Waals surface area contributed by atoms with Gasteiger partial charge in [-0.2, -0.15) is 0 Å². The quantitative estimate of drug-likeness (QED) is 0.134. The molecule has 354 valence electrons. The van der Waals surface area contributed by atoms with Crippen LogP contribution in [-0.2, 0) is 0 Å². The Morgan fingerprint density at radius 2 is 0.447 bits per heavy atom. The minimum atomic E-state index is 0.681. The smallest absolute Gasteiger partial charge is 0.161 e. The highest BCUT2D eigenvalue weighted by Gasteiger charge is 2.19. The topological polar surface area (TPSA) is 77.3 Å². The van der Waals surface area contributed by atoms with Crippen molar-refractivity contribution in [3.8, 4) is 101 Å². The van der Waals surface area contributed by atoms with Gasteiger partial charge in [0.25, 0.3) is 0 Å². The summed E-state index contributed by atoms with van der Waals surface area (Å²) in [5.41, 5.74) is 15.5. The van der Waals surface area contributed by atoms with Crippen LogP contribution >= 0.6 is 0 Å². The molecule has 0 unspecified atom stereocenters. The van der Waals surface area contributed by atoms with Crippen molar-refractivity contribution in [1.82, 2.24) is 29.9 Å². The molecule has 0 radical (unpaired) electrons. The fourth-order valence-electron chi connectivity index (χ4n) is 10.6. The van der Waals surface area contributed by atoms with E-state index in [9.17, 15) is 0 Å². The summed E-state index contributed by atoms with van der Waals surface area (Å²) in [4.78, 5) is 30.6. The summed E-state index contributed by atoms with van der Waals surface area (Å²) >= 11 is 0. The zero-order valence-electron chi connectivity index (χ0n) is 41.1. The Hall–Kier alpha value is -10.3. The van der Waals surface area contributed by atoms with Crippen LogP contribution < -0.4 is 0 Å². The summed E-state index contributed by atoms with van der Waals surface area (Å²) in [5, 5.41) is 9.03. The van der Waals surface area contributed by atoms with Crippen LogP contribution in [0.5, 0.6) is 0 Å². The summed E-state index contributed by atoms with van der Waals surface area (Å²) in [6.45, 7) is 0. The van der Waals surface area contributed by atoms with Gasteiger partial charge in [-0.1, -0.05) is 206 Å². The lowest BCUT2D eigenvalue weighted by Gasteiger charge is -2.14. The molecule has 0 N–H and O–H groups in total. The van der Waals surface area contributed by atoms with Crippen LogP contribution in [-0.4, -0.2) is 29.9 Å². The van der Waals surface area contributed by atoms with Gasteiger partial charge >= 0.3 is 0 Å². The van der Waals surface area contributed by atoms with E-state index >= 15 is 0 Å². The number of fused-ring (bicyclic) bond motifs is 4. The van der Waals surface area contributed by atoms with Crippen molar-refractivity contribution < 1.29 is 0 Å². The van der Waals surface area contributed by atoms with Crippen molar-refractivity contribution >= 4 is 43.1 Å². The summed E-state index contributed by atoms with van der Waals surface area (Å²) in [6.07, 6.45) is 3.65. The first kappa shape index (κ1) is 44.4. The monoisotopic (exact) mass is 968 g/mol. The fraction of sp³-hybridized carbons (Fsp3) is 0. The number of benzene rings is 10. The maximum absolute atomic E-state index is 5.39. The summed E-state index contributed by atoms with van der Waals surface area (Å²) in [6, 6.07) is 89.1. The van der Waals surface area contributed by atoms with Crippen LogP contribution in [0.1, 0.15) is 0 Å². The predicted molar refractivity (Wildman–Crippen MR) is 312 cm³/mol. The van der Waals surface area contributed by atoms with Crippen LogP contribution in [0.15, 0.2) is 267 Å². The molecule has 0 spiro atoms. The molecule has 6 nitrogen and oxygen atoms in total. The minimum Gasteiger partial charge on any atom is -0.256 e. The average Bonchev–Trinajstić information content (AvgIpc) is 3.50. The highest BCUT2D eigenvalue weighted by molar-refractivity contribution is 6.13. The molecule has 4 heterocycles. The maximum atomic E-state index is 5.39. The molecule has 0 amide bonds. The predicted octanol–water partition coefficient (Wildman–Crippen LogP) is 17.7. The zero-order chi connectivity index (χ0) is 50.4. The van der Waals surface area contributed by atoms with Crippen molar-refractivity contribution in [3.05, 3.63) is 267 Å². The van der Waals surface area contributed by atoms with E-state index in [1.54, 1.807) is 0 Å². The van der Waals surface area contributed by atoms with Gasteiger partial charge in [-0.15, -0.1) is 0 Å². The molecule has 0 aliphatic rings. The molecule has 0 atom stereocenters. The van der Waals surface area contributed by atoms with Gasteiger partial charge in [0.2, 0.25) is 0 Å². The molecule has 0 saturated heterocycles. The second kappa shape index (κ2) is 19.0. The first-order chi connectivity index (χ1) is 37.6. The Kier molecular flexibility index (Phi) is 11.1. The summed E-state index contributed by atoms with van der Waals surface area (Å²) < 4.78 is 0. The highest BCUT2D eigenvalue weighted by atomic mass is 14.9. The van der Waals surface area contributed by atoms with Crippen molar-refractivity contribution in [2.24, 2.45) is 0 Å². The Labute approximate surface area is 439 Å².